The standard InChI is InChI=1S/2C12H11ClN2O5S.C10H8N2/c2*13-9-5-10(15-6-7-2-1-3-20-7)8(12(16)17)4-11(9)21(14,18)19;1-5-11-6-2-9(1)10-3-7-12-8-4-10/h2*1-5,15H,6H2,(H,16,17)(H2,14,18,19);1-8H. The molecule has 4 heterocycles. The number of carboxylic acid groups (broad SMARTS) is 2. The van der Waals surface area contributed by atoms with Gasteiger partial charge in [0.05, 0.1) is 58.2 Å². The average molecular weight is 818 g/mol. The maximum atomic E-state index is 11.3. The van der Waals surface area contributed by atoms with Crippen molar-refractivity contribution in [1.82, 2.24) is 9.97 Å². The number of aromatic nitrogens is 2. The molecule has 0 radical (unpaired) electrons. The number of nitrogens with one attached hydrogen (secondary N) is 2. The highest BCUT2D eigenvalue weighted by Gasteiger charge is 2.21. The number of sulfonamides is 2. The molecule has 2 aromatic carbocycles. The topological polar surface area (TPSA) is 271 Å². The molecule has 6 aromatic rings. The first-order valence-electron chi connectivity index (χ1n) is 15.1. The van der Waals surface area contributed by atoms with Crippen molar-refractivity contribution in [3.8, 4) is 11.1 Å². The number of furan rings is 2. The molecular formula is C34H30Cl2N6O10S2. The molecule has 0 saturated carbocycles. The molecule has 0 aliphatic rings. The zero-order valence-corrected chi connectivity index (χ0v) is 30.7. The zero-order chi connectivity index (χ0) is 39.5. The molecule has 0 saturated heterocycles. The van der Waals surface area contributed by atoms with Gasteiger partial charge >= 0.3 is 11.9 Å². The number of carboxylic acids is 2. The van der Waals surface area contributed by atoms with Crippen LogP contribution in [-0.4, -0.2) is 49.0 Å². The van der Waals surface area contributed by atoms with Crippen molar-refractivity contribution in [2.45, 2.75) is 22.9 Å². The fourth-order valence-electron chi connectivity index (χ4n) is 4.47. The maximum absolute atomic E-state index is 11.3. The van der Waals surface area contributed by atoms with Crippen LogP contribution in [0.4, 0.5) is 11.4 Å². The average Bonchev–Trinajstić information content (AvgIpc) is 3.85. The minimum Gasteiger partial charge on any atom is -0.478 e. The van der Waals surface area contributed by atoms with Gasteiger partial charge in [0.15, 0.2) is 0 Å². The van der Waals surface area contributed by atoms with Gasteiger partial charge < -0.3 is 29.7 Å². The van der Waals surface area contributed by atoms with E-state index in [2.05, 4.69) is 20.6 Å². The maximum Gasteiger partial charge on any atom is 0.337 e. The van der Waals surface area contributed by atoms with E-state index in [1.165, 1.54) is 35.8 Å². The fourth-order valence-corrected chi connectivity index (χ4v) is 6.67. The lowest BCUT2D eigenvalue weighted by Crippen LogP contribution is -2.15. The van der Waals surface area contributed by atoms with Crippen LogP contribution < -0.4 is 20.9 Å². The van der Waals surface area contributed by atoms with Crippen molar-refractivity contribution in [2.24, 2.45) is 10.3 Å². The summed E-state index contributed by atoms with van der Waals surface area (Å²) in [5, 5.41) is 33.6. The van der Waals surface area contributed by atoms with E-state index in [1.54, 1.807) is 49.1 Å². The largest absolute Gasteiger partial charge is 0.478 e. The monoisotopic (exact) mass is 816 g/mol. The van der Waals surface area contributed by atoms with E-state index in [1.807, 2.05) is 24.3 Å². The predicted molar refractivity (Wildman–Crippen MR) is 199 cm³/mol. The van der Waals surface area contributed by atoms with Crippen LogP contribution in [0.5, 0.6) is 0 Å². The second-order valence-electron chi connectivity index (χ2n) is 10.7. The van der Waals surface area contributed by atoms with Crippen LogP contribution in [0.15, 0.2) is 129 Å². The van der Waals surface area contributed by atoms with Gasteiger partial charge in [0.1, 0.15) is 21.3 Å². The zero-order valence-electron chi connectivity index (χ0n) is 27.6. The van der Waals surface area contributed by atoms with E-state index < -0.39 is 41.8 Å². The van der Waals surface area contributed by atoms with Gasteiger partial charge in [-0.15, -0.1) is 0 Å². The summed E-state index contributed by atoms with van der Waals surface area (Å²) in [5.74, 6) is -1.45. The highest BCUT2D eigenvalue weighted by Crippen LogP contribution is 2.30. The second kappa shape index (κ2) is 18.3. The van der Waals surface area contributed by atoms with E-state index in [0.717, 1.165) is 12.1 Å². The van der Waals surface area contributed by atoms with E-state index in [0.29, 0.717) is 11.5 Å². The number of carbonyl (C=O) groups is 2. The van der Waals surface area contributed by atoms with Crippen molar-refractivity contribution < 1.29 is 45.5 Å². The van der Waals surface area contributed by atoms with Gasteiger partial charge in [0.2, 0.25) is 20.0 Å². The lowest BCUT2D eigenvalue weighted by molar-refractivity contribution is 0.0686. The van der Waals surface area contributed by atoms with Gasteiger partial charge in [-0.3, -0.25) is 9.97 Å². The molecule has 0 fully saturated rings. The van der Waals surface area contributed by atoms with Gasteiger partial charge in [0, 0.05) is 24.8 Å². The normalized spacial score (nSPS) is 11.0. The fraction of sp³-hybridized carbons (Fsp3) is 0.0588. The molecule has 4 aromatic heterocycles. The lowest BCUT2D eigenvalue weighted by Gasteiger charge is -2.11. The predicted octanol–water partition coefficient (Wildman–Crippen LogP) is 5.93. The minimum atomic E-state index is -4.11. The van der Waals surface area contributed by atoms with Crippen molar-refractivity contribution in [3.63, 3.8) is 0 Å². The summed E-state index contributed by atoms with van der Waals surface area (Å²) in [6, 6.07) is 18.9. The van der Waals surface area contributed by atoms with Crippen molar-refractivity contribution in [3.05, 3.63) is 143 Å². The van der Waals surface area contributed by atoms with Gasteiger partial charge in [-0.25, -0.2) is 36.7 Å². The van der Waals surface area contributed by atoms with Crippen LogP contribution in [0, 0.1) is 0 Å². The minimum absolute atomic E-state index is 0.163. The number of aromatic carboxylic acids is 2. The first kappa shape index (κ1) is 41.0. The molecule has 0 spiro atoms. The molecule has 0 aliphatic heterocycles. The Morgan fingerprint density at radius 3 is 1.26 bits per heavy atom. The van der Waals surface area contributed by atoms with Crippen molar-refractivity contribution in [1.29, 1.82) is 0 Å². The Morgan fingerprint density at radius 1 is 0.630 bits per heavy atom. The van der Waals surface area contributed by atoms with Gasteiger partial charge in [0.25, 0.3) is 0 Å². The Bertz CT molecular complexity index is 2250. The highest BCUT2D eigenvalue weighted by molar-refractivity contribution is 7.89. The summed E-state index contributed by atoms with van der Waals surface area (Å²) in [7, 11) is -8.21. The second-order valence-corrected chi connectivity index (χ2v) is 14.6. The first-order chi connectivity index (χ1) is 25.5. The van der Waals surface area contributed by atoms with Crippen molar-refractivity contribution in [2.75, 3.05) is 10.6 Å². The summed E-state index contributed by atoms with van der Waals surface area (Å²) in [6.07, 6.45) is 10.1. The summed E-state index contributed by atoms with van der Waals surface area (Å²) in [6.45, 7) is 0.441. The number of primary sulfonamides is 2. The third kappa shape index (κ3) is 11.6. The highest BCUT2D eigenvalue weighted by atomic mass is 35.5. The smallest absolute Gasteiger partial charge is 0.337 e. The summed E-state index contributed by atoms with van der Waals surface area (Å²) < 4.78 is 55.6. The number of halogens is 2. The molecule has 0 aliphatic carbocycles. The molecule has 0 bridgehead atoms. The third-order valence-corrected chi connectivity index (χ3v) is 9.73. The number of hydrogen-bond acceptors (Lipinski definition) is 12. The lowest BCUT2D eigenvalue weighted by atomic mass is 10.1. The van der Waals surface area contributed by atoms with Crippen LogP contribution in [0.1, 0.15) is 32.2 Å². The van der Waals surface area contributed by atoms with Gasteiger partial charge in [-0.1, -0.05) is 23.2 Å². The molecule has 54 heavy (non-hydrogen) atoms. The summed E-state index contributed by atoms with van der Waals surface area (Å²) in [5.41, 5.74) is 2.16. The molecule has 0 amide bonds. The van der Waals surface area contributed by atoms with E-state index in [9.17, 15) is 26.4 Å². The Hall–Kier alpha value is -5.76. The SMILES string of the molecule is NS(=O)(=O)c1cc(C(=O)O)c(NCc2ccco2)cc1Cl.NS(=O)(=O)c1cc(C(=O)O)c(NCc2ccco2)cc1Cl.c1cc(-c2ccncc2)ccn1. The molecular weight excluding hydrogens is 787 g/mol. The Labute approximate surface area is 318 Å². The number of nitrogens with two attached hydrogens (primary N) is 2. The molecule has 282 valence electrons. The number of pyridine rings is 2. The van der Waals surface area contributed by atoms with Crippen LogP contribution in [0.25, 0.3) is 11.1 Å². The number of hydrogen-bond donors (Lipinski definition) is 6. The summed E-state index contributed by atoms with van der Waals surface area (Å²) >= 11 is 11.7. The van der Waals surface area contributed by atoms with Gasteiger partial charge in [-0.2, -0.15) is 0 Å². The van der Waals surface area contributed by atoms with E-state index in [-0.39, 0.29) is 45.6 Å². The number of nitrogens with zero attached hydrogens (tertiary/aromatic N) is 2. The van der Waals surface area contributed by atoms with Gasteiger partial charge in [-0.05, 0) is 83.9 Å². The third-order valence-electron chi connectivity index (χ3n) is 6.98. The van der Waals surface area contributed by atoms with E-state index >= 15 is 0 Å². The number of benzene rings is 2. The number of anilines is 2. The molecule has 20 heteroatoms. The van der Waals surface area contributed by atoms with Crippen LogP contribution in [0.3, 0.4) is 0 Å². The van der Waals surface area contributed by atoms with E-state index in [4.69, 9.17) is 52.5 Å². The van der Waals surface area contributed by atoms with Crippen LogP contribution in [0.2, 0.25) is 10.0 Å². The van der Waals surface area contributed by atoms with Crippen LogP contribution in [-0.2, 0) is 33.1 Å². The Kier molecular flexibility index (Phi) is 13.9. The molecule has 0 unspecified atom stereocenters. The Morgan fingerprint density at radius 2 is 0.981 bits per heavy atom. The Balaban J connectivity index is 0.000000187. The summed E-state index contributed by atoms with van der Waals surface area (Å²) in [4.78, 5) is 29.5. The molecule has 0 atom stereocenters. The molecule has 6 rings (SSSR count). The molecule has 16 nitrogen and oxygen atoms in total. The quantitative estimate of drug-likeness (QED) is 0.0885. The number of rotatable bonds is 11. The van der Waals surface area contributed by atoms with Crippen molar-refractivity contribution >= 4 is 66.6 Å². The first-order valence-corrected chi connectivity index (χ1v) is 18.9. The van der Waals surface area contributed by atoms with Crippen LogP contribution >= 0.6 is 23.2 Å². The molecule has 8 N–H and O–H groups in total.